The highest BCUT2D eigenvalue weighted by molar-refractivity contribution is 5.27. The fraction of sp³-hybridized carbons (Fsp3) is 0.684. The second-order valence-electron chi connectivity index (χ2n) is 7.59. The first kappa shape index (κ1) is 16.4. The third-order valence-corrected chi connectivity index (χ3v) is 6.23. The number of alkyl halides is 3. The molecule has 1 aromatic carbocycles. The Morgan fingerprint density at radius 3 is 2.38 bits per heavy atom. The summed E-state index contributed by atoms with van der Waals surface area (Å²) in [7, 11) is 0. The zero-order valence-electron chi connectivity index (χ0n) is 13.9. The lowest BCUT2D eigenvalue weighted by molar-refractivity contribution is -0.136. The van der Waals surface area contributed by atoms with Crippen LogP contribution in [0.15, 0.2) is 30.3 Å². The molecule has 4 fully saturated rings. The smallest absolute Gasteiger partial charge is 0.298 e. The largest absolute Gasteiger partial charge is 0.389 e. The molecule has 0 radical (unpaired) electrons. The molecular formula is C19H25F3N2. The molecular weight excluding hydrogens is 313 g/mol. The van der Waals surface area contributed by atoms with Gasteiger partial charge in [0.25, 0.3) is 0 Å². The Balaban J connectivity index is 1.53. The van der Waals surface area contributed by atoms with E-state index in [1.165, 1.54) is 18.4 Å². The highest BCUT2D eigenvalue weighted by Gasteiger charge is 2.52. The Labute approximate surface area is 141 Å². The van der Waals surface area contributed by atoms with Crippen LogP contribution in [0.5, 0.6) is 0 Å². The van der Waals surface area contributed by atoms with Gasteiger partial charge in [-0.1, -0.05) is 30.3 Å². The average molecular weight is 338 g/mol. The number of nitrogens with zero attached hydrogens (tertiary/aromatic N) is 2. The lowest BCUT2D eigenvalue weighted by Crippen LogP contribution is -2.60. The second kappa shape index (κ2) is 6.34. The van der Waals surface area contributed by atoms with E-state index in [2.05, 4.69) is 34.1 Å². The molecule has 3 atom stereocenters. The molecule has 0 N–H and O–H groups in total. The Morgan fingerprint density at radius 2 is 1.71 bits per heavy atom. The van der Waals surface area contributed by atoms with Crippen LogP contribution in [0.4, 0.5) is 13.2 Å². The van der Waals surface area contributed by atoms with E-state index in [1.807, 2.05) is 6.07 Å². The minimum absolute atomic E-state index is 0.223. The van der Waals surface area contributed by atoms with Crippen molar-refractivity contribution in [2.75, 3.05) is 26.2 Å². The Kier molecular flexibility index (Phi) is 4.33. The van der Waals surface area contributed by atoms with Gasteiger partial charge in [-0.05, 0) is 50.4 Å². The quantitative estimate of drug-likeness (QED) is 0.822. The predicted molar refractivity (Wildman–Crippen MR) is 87.9 cm³/mol. The number of likely N-dealkylation sites (tertiary alicyclic amines) is 1. The first-order valence-corrected chi connectivity index (χ1v) is 9.13. The molecule has 24 heavy (non-hydrogen) atoms. The van der Waals surface area contributed by atoms with Gasteiger partial charge in [0.2, 0.25) is 0 Å². The number of halogens is 3. The fourth-order valence-electron chi connectivity index (χ4n) is 5.27. The summed E-state index contributed by atoms with van der Waals surface area (Å²) in [6.07, 6.45) is -2.06. The van der Waals surface area contributed by atoms with Crippen molar-refractivity contribution in [3.05, 3.63) is 35.9 Å². The first-order valence-electron chi connectivity index (χ1n) is 9.13. The van der Waals surface area contributed by atoms with Crippen molar-refractivity contribution >= 4 is 0 Å². The lowest BCUT2D eigenvalue weighted by atomic mass is 9.75. The van der Waals surface area contributed by atoms with Gasteiger partial charge < -0.3 is 0 Å². The van der Waals surface area contributed by atoms with E-state index in [0.717, 1.165) is 19.6 Å². The molecule has 5 rings (SSSR count). The van der Waals surface area contributed by atoms with E-state index in [-0.39, 0.29) is 6.42 Å². The maximum Gasteiger partial charge on any atom is 0.389 e. The van der Waals surface area contributed by atoms with E-state index in [4.69, 9.17) is 0 Å². The number of rotatable bonds is 4. The molecule has 0 saturated carbocycles. The Bertz CT molecular complexity index is 551. The van der Waals surface area contributed by atoms with Gasteiger partial charge in [0.05, 0.1) is 0 Å². The van der Waals surface area contributed by atoms with Crippen molar-refractivity contribution in [1.82, 2.24) is 9.80 Å². The molecule has 4 heterocycles. The summed E-state index contributed by atoms with van der Waals surface area (Å²) in [4.78, 5) is 4.98. The molecule has 0 aliphatic carbocycles. The van der Waals surface area contributed by atoms with Gasteiger partial charge in [-0.3, -0.25) is 9.80 Å². The average Bonchev–Trinajstić information content (AvgIpc) is 2.98. The third-order valence-electron chi connectivity index (χ3n) is 6.23. The molecule has 132 valence electrons. The van der Waals surface area contributed by atoms with Crippen molar-refractivity contribution < 1.29 is 13.2 Å². The van der Waals surface area contributed by atoms with Crippen LogP contribution in [0.25, 0.3) is 0 Å². The topological polar surface area (TPSA) is 6.48 Å². The van der Waals surface area contributed by atoms with Crippen molar-refractivity contribution in [3.8, 4) is 0 Å². The number of hydrogen-bond donors (Lipinski definition) is 0. The molecule has 4 aliphatic heterocycles. The summed E-state index contributed by atoms with van der Waals surface area (Å²) >= 11 is 0. The molecule has 4 saturated heterocycles. The SMILES string of the molecule is FC(F)(F)CCCN1C[C@H](c2ccccc2)[C@@H]2[C@H]1C1CCN2CC1. The van der Waals surface area contributed by atoms with E-state index < -0.39 is 12.6 Å². The number of benzene rings is 1. The van der Waals surface area contributed by atoms with E-state index in [9.17, 15) is 13.2 Å². The van der Waals surface area contributed by atoms with Crippen molar-refractivity contribution in [2.45, 2.75) is 49.9 Å². The molecule has 0 unspecified atom stereocenters. The van der Waals surface area contributed by atoms with Gasteiger partial charge in [-0.25, -0.2) is 0 Å². The number of piperidine rings is 3. The van der Waals surface area contributed by atoms with Crippen LogP contribution in [-0.4, -0.2) is 54.2 Å². The normalized spacial score (nSPS) is 36.0. The van der Waals surface area contributed by atoms with Crippen LogP contribution in [0.1, 0.15) is 37.2 Å². The lowest BCUT2D eigenvalue weighted by Gasteiger charge is -2.51. The number of hydrogen-bond acceptors (Lipinski definition) is 2. The van der Waals surface area contributed by atoms with Crippen molar-refractivity contribution in [3.63, 3.8) is 0 Å². The summed E-state index contributed by atoms with van der Waals surface area (Å²) in [6, 6.07) is 11.5. The molecule has 2 bridgehead atoms. The van der Waals surface area contributed by atoms with Crippen LogP contribution < -0.4 is 0 Å². The maximum atomic E-state index is 12.5. The highest BCUT2D eigenvalue weighted by Crippen LogP contribution is 2.46. The summed E-state index contributed by atoms with van der Waals surface area (Å²) < 4.78 is 37.6. The minimum atomic E-state index is -4.03. The highest BCUT2D eigenvalue weighted by atomic mass is 19.4. The molecule has 0 aromatic heterocycles. The minimum Gasteiger partial charge on any atom is -0.298 e. The molecule has 2 nitrogen and oxygen atoms in total. The van der Waals surface area contributed by atoms with Crippen molar-refractivity contribution in [2.24, 2.45) is 5.92 Å². The summed E-state index contributed by atoms with van der Waals surface area (Å²) in [5, 5.41) is 0. The van der Waals surface area contributed by atoms with Crippen LogP contribution in [0, 0.1) is 5.92 Å². The summed E-state index contributed by atoms with van der Waals surface area (Å²) in [5.41, 5.74) is 1.35. The standard InChI is InChI=1S/C19H25F3N2/c20-19(21,22)9-4-10-24-13-16(14-5-2-1-3-6-14)18-17(24)15-7-11-23(18)12-8-15/h1-3,5-6,15-18H,4,7-13H2/t16-,17-,18-/m1/s1. The van der Waals surface area contributed by atoms with E-state index in [0.29, 0.717) is 30.5 Å². The fourth-order valence-corrected chi connectivity index (χ4v) is 5.27. The van der Waals surface area contributed by atoms with Crippen LogP contribution in [0.2, 0.25) is 0 Å². The predicted octanol–water partition coefficient (Wildman–Crippen LogP) is 3.89. The van der Waals surface area contributed by atoms with Gasteiger partial charge in [0.15, 0.2) is 0 Å². The zero-order chi connectivity index (χ0) is 16.7. The molecule has 4 aliphatic rings. The van der Waals surface area contributed by atoms with E-state index in [1.54, 1.807) is 0 Å². The summed E-state index contributed by atoms with van der Waals surface area (Å²) in [5.74, 6) is 1.10. The Hall–Kier alpha value is -1.07. The van der Waals surface area contributed by atoms with Gasteiger partial charge in [-0.2, -0.15) is 13.2 Å². The van der Waals surface area contributed by atoms with Crippen LogP contribution in [0.3, 0.4) is 0 Å². The Morgan fingerprint density at radius 1 is 1.00 bits per heavy atom. The van der Waals surface area contributed by atoms with E-state index >= 15 is 0 Å². The van der Waals surface area contributed by atoms with Gasteiger partial charge >= 0.3 is 6.18 Å². The molecule has 0 amide bonds. The molecule has 1 aromatic rings. The van der Waals surface area contributed by atoms with Crippen LogP contribution >= 0.6 is 0 Å². The summed E-state index contributed by atoms with van der Waals surface area (Å²) in [6.45, 7) is 3.80. The van der Waals surface area contributed by atoms with Gasteiger partial charge in [0.1, 0.15) is 0 Å². The van der Waals surface area contributed by atoms with Crippen molar-refractivity contribution in [1.29, 1.82) is 0 Å². The van der Waals surface area contributed by atoms with Crippen LogP contribution in [-0.2, 0) is 0 Å². The monoisotopic (exact) mass is 338 g/mol. The zero-order valence-corrected chi connectivity index (χ0v) is 13.9. The maximum absolute atomic E-state index is 12.5. The van der Waals surface area contributed by atoms with Gasteiger partial charge in [0, 0.05) is 31.0 Å². The first-order chi connectivity index (χ1) is 11.5. The molecule has 0 spiro atoms. The molecule has 5 heteroatoms. The van der Waals surface area contributed by atoms with Gasteiger partial charge in [-0.15, -0.1) is 0 Å². The second-order valence-corrected chi connectivity index (χ2v) is 7.59. The number of fused-ring (bicyclic) bond motifs is 2. The third kappa shape index (κ3) is 3.08.